The highest BCUT2D eigenvalue weighted by atomic mass is 35.7. The van der Waals surface area contributed by atoms with Gasteiger partial charge >= 0.3 is 7.66 Å². The maximum atomic E-state index is 5.61. The van der Waals surface area contributed by atoms with Crippen molar-refractivity contribution in [3.8, 4) is 0 Å². The van der Waals surface area contributed by atoms with Gasteiger partial charge in [-0.1, -0.05) is 84.0 Å². The molecule has 0 aromatic heterocycles. The fourth-order valence-corrected chi connectivity index (χ4v) is 3.17. The Kier molecular flexibility index (Phi) is 17.5. The van der Waals surface area contributed by atoms with Crippen LogP contribution in [0.15, 0.2) is 0 Å². The zero-order chi connectivity index (χ0) is 14.2. The van der Waals surface area contributed by atoms with E-state index < -0.39 is 7.66 Å². The second kappa shape index (κ2) is 16.8. The lowest BCUT2D eigenvalue weighted by Crippen LogP contribution is -2.03. The normalized spacial score (nSPS) is 11.4. The minimum Gasteiger partial charge on any atom is -0.395 e. The first-order chi connectivity index (χ1) is 9.27. The van der Waals surface area contributed by atoms with Crippen LogP contribution in [-0.2, 0) is 4.43 Å². The van der Waals surface area contributed by atoms with Crippen molar-refractivity contribution in [3.05, 3.63) is 0 Å². The highest BCUT2D eigenvalue weighted by Crippen LogP contribution is 2.12. The van der Waals surface area contributed by atoms with Crippen molar-refractivity contribution >= 4 is 29.8 Å². The van der Waals surface area contributed by atoms with Crippen LogP contribution >= 0.6 is 22.2 Å². The van der Waals surface area contributed by atoms with Crippen LogP contribution in [0.3, 0.4) is 0 Å². The molecule has 0 amide bonds. The van der Waals surface area contributed by atoms with E-state index in [1.165, 1.54) is 77.0 Å². The summed E-state index contributed by atoms with van der Waals surface area (Å²) >= 11 is 11.2. The molecule has 0 aliphatic carbocycles. The smallest absolute Gasteiger partial charge is 0.373 e. The first-order valence-corrected chi connectivity index (χ1v) is 12.1. The van der Waals surface area contributed by atoms with Crippen molar-refractivity contribution < 1.29 is 4.43 Å². The lowest BCUT2D eigenvalue weighted by Gasteiger charge is -2.04. The van der Waals surface area contributed by atoms with Crippen LogP contribution in [0.25, 0.3) is 0 Å². The van der Waals surface area contributed by atoms with Gasteiger partial charge in [0.2, 0.25) is 0 Å². The average molecular weight is 327 g/mol. The van der Waals surface area contributed by atoms with E-state index in [9.17, 15) is 0 Å². The van der Waals surface area contributed by atoms with E-state index in [0.717, 1.165) is 13.0 Å². The zero-order valence-electron chi connectivity index (χ0n) is 12.6. The summed E-state index contributed by atoms with van der Waals surface area (Å²) in [7, 11) is -1.82. The van der Waals surface area contributed by atoms with Crippen LogP contribution < -0.4 is 0 Å². The van der Waals surface area contributed by atoms with Gasteiger partial charge in [0.1, 0.15) is 0 Å². The van der Waals surface area contributed by atoms with Gasteiger partial charge in [0.15, 0.2) is 0 Å². The van der Waals surface area contributed by atoms with Crippen molar-refractivity contribution in [2.24, 2.45) is 0 Å². The Balaban J connectivity index is 2.91. The summed E-state index contributed by atoms with van der Waals surface area (Å²) in [5.74, 6) is 0. The van der Waals surface area contributed by atoms with Gasteiger partial charge in [0.25, 0.3) is 0 Å². The summed E-state index contributed by atoms with van der Waals surface area (Å²) in [6, 6.07) is 0. The number of unbranched alkanes of at least 4 members (excludes halogenated alkanes) is 12. The zero-order valence-corrected chi connectivity index (χ0v) is 15.3. The van der Waals surface area contributed by atoms with Gasteiger partial charge in [-0.05, 0) is 6.42 Å². The lowest BCUT2D eigenvalue weighted by atomic mass is 10.0. The van der Waals surface area contributed by atoms with Crippen molar-refractivity contribution in [1.82, 2.24) is 0 Å². The fourth-order valence-electron chi connectivity index (χ4n) is 2.29. The third-order valence-corrected chi connectivity index (χ3v) is 4.74. The third kappa shape index (κ3) is 18.8. The maximum Gasteiger partial charge on any atom is 0.373 e. The van der Waals surface area contributed by atoms with E-state index in [2.05, 4.69) is 6.92 Å². The first kappa shape index (κ1) is 19.8. The summed E-state index contributed by atoms with van der Waals surface area (Å²) in [4.78, 5) is 0. The lowest BCUT2D eigenvalue weighted by molar-refractivity contribution is 0.324. The maximum absolute atomic E-state index is 5.61. The molecule has 0 aromatic carbocycles. The van der Waals surface area contributed by atoms with E-state index in [4.69, 9.17) is 26.6 Å². The van der Waals surface area contributed by atoms with Gasteiger partial charge in [-0.3, -0.25) is 0 Å². The van der Waals surface area contributed by atoms with Gasteiger partial charge in [0.05, 0.1) is 0 Å². The minimum atomic E-state index is -1.82. The molecule has 0 fully saturated rings. The largest absolute Gasteiger partial charge is 0.395 e. The molecule has 0 atom stereocenters. The molecule has 0 radical (unpaired) electrons. The second-order valence-electron chi connectivity index (χ2n) is 5.37. The standard InChI is InChI=1S/C15H32Cl2OSi/c1-2-3-4-5-6-7-8-9-10-11-12-13-14-15-18-19(16)17/h19H,2-15H2,1H3. The molecular formula is C15H32Cl2OSi. The molecule has 0 N–H and O–H groups in total. The van der Waals surface area contributed by atoms with E-state index >= 15 is 0 Å². The van der Waals surface area contributed by atoms with Gasteiger partial charge in [0, 0.05) is 6.61 Å². The molecule has 0 aromatic rings. The predicted molar refractivity (Wildman–Crippen MR) is 90.5 cm³/mol. The third-order valence-electron chi connectivity index (χ3n) is 3.49. The van der Waals surface area contributed by atoms with Crippen LogP contribution in [-0.4, -0.2) is 14.3 Å². The highest BCUT2D eigenvalue weighted by Gasteiger charge is 2.00. The number of hydrogen-bond acceptors (Lipinski definition) is 1. The fraction of sp³-hybridized carbons (Fsp3) is 1.00. The van der Waals surface area contributed by atoms with E-state index in [1.54, 1.807) is 0 Å². The molecular weight excluding hydrogens is 295 g/mol. The summed E-state index contributed by atoms with van der Waals surface area (Å²) in [6.45, 7) is 3.03. The Bertz CT molecular complexity index is 168. The Morgan fingerprint density at radius 3 is 1.37 bits per heavy atom. The van der Waals surface area contributed by atoms with Gasteiger partial charge in [-0.15, -0.1) is 22.2 Å². The monoisotopic (exact) mass is 326 g/mol. The molecule has 0 aliphatic rings. The van der Waals surface area contributed by atoms with Crippen LogP contribution in [0.4, 0.5) is 0 Å². The SMILES string of the molecule is CCCCCCCCCCCCCCCO[SiH](Cl)Cl. The molecule has 0 heterocycles. The van der Waals surface area contributed by atoms with Gasteiger partial charge in [-0.25, -0.2) is 0 Å². The van der Waals surface area contributed by atoms with Crippen LogP contribution in [0.5, 0.6) is 0 Å². The van der Waals surface area contributed by atoms with E-state index in [1.807, 2.05) is 0 Å². The summed E-state index contributed by atoms with van der Waals surface area (Å²) < 4.78 is 5.21. The van der Waals surface area contributed by atoms with Crippen LogP contribution in [0, 0.1) is 0 Å². The quantitative estimate of drug-likeness (QED) is 0.195. The molecule has 0 spiro atoms. The van der Waals surface area contributed by atoms with E-state index in [-0.39, 0.29) is 0 Å². The Morgan fingerprint density at radius 2 is 1.00 bits per heavy atom. The topological polar surface area (TPSA) is 9.23 Å². The predicted octanol–water partition coefficient (Wildman–Crippen LogP) is 6.29. The molecule has 4 heteroatoms. The summed E-state index contributed by atoms with van der Waals surface area (Å²) in [5.41, 5.74) is 0. The number of halogens is 2. The molecule has 0 aliphatic heterocycles. The average Bonchev–Trinajstić information content (AvgIpc) is 2.39. The van der Waals surface area contributed by atoms with Crippen molar-refractivity contribution in [1.29, 1.82) is 0 Å². The van der Waals surface area contributed by atoms with Crippen molar-refractivity contribution in [2.75, 3.05) is 6.61 Å². The van der Waals surface area contributed by atoms with Crippen molar-refractivity contribution in [3.63, 3.8) is 0 Å². The Morgan fingerprint density at radius 1 is 0.632 bits per heavy atom. The number of hydrogen-bond donors (Lipinski definition) is 0. The highest BCUT2D eigenvalue weighted by molar-refractivity contribution is 7.30. The molecule has 116 valence electrons. The van der Waals surface area contributed by atoms with Gasteiger partial charge < -0.3 is 4.43 Å². The molecule has 0 rings (SSSR count). The van der Waals surface area contributed by atoms with Gasteiger partial charge in [-0.2, -0.15) is 0 Å². The van der Waals surface area contributed by atoms with Crippen LogP contribution in [0.2, 0.25) is 0 Å². The number of rotatable bonds is 15. The Labute approximate surface area is 131 Å². The molecule has 0 unspecified atom stereocenters. The molecule has 0 saturated carbocycles. The molecule has 0 saturated heterocycles. The second-order valence-corrected chi connectivity index (χ2v) is 9.28. The van der Waals surface area contributed by atoms with E-state index in [0.29, 0.717) is 0 Å². The molecule has 1 nitrogen and oxygen atoms in total. The first-order valence-electron chi connectivity index (χ1n) is 8.17. The molecule has 19 heavy (non-hydrogen) atoms. The molecule has 0 bridgehead atoms. The van der Waals surface area contributed by atoms with Crippen molar-refractivity contribution in [2.45, 2.75) is 90.4 Å². The van der Waals surface area contributed by atoms with Crippen LogP contribution in [0.1, 0.15) is 90.4 Å². The summed E-state index contributed by atoms with van der Waals surface area (Å²) in [6.07, 6.45) is 17.9. The minimum absolute atomic E-state index is 0.752. The Hall–Kier alpha value is 0.757. The summed E-state index contributed by atoms with van der Waals surface area (Å²) in [5, 5.41) is 0.